The zero-order valence-corrected chi connectivity index (χ0v) is 86.9. The van der Waals surface area contributed by atoms with Gasteiger partial charge in [0.15, 0.2) is 11.9 Å². The van der Waals surface area contributed by atoms with E-state index < -0.39 is 69.7 Å². The fourth-order valence-corrected chi connectivity index (χ4v) is 23.3. The van der Waals surface area contributed by atoms with Gasteiger partial charge in [0.1, 0.15) is 23.4 Å². The lowest BCUT2D eigenvalue weighted by Crippen LogP contribution is -2.76. The number of hydrogen-bond acceptors (Lipinski definition) is 19. The third kappa shape index (κ3) is 35.3. The molecule has 2 aromatic carbocycles. The maximum absolute atomic E-state index is 13.2. The Balaban J connectivity index is 0.000000240. The van der Waals surface area contributed by atoms with Crippen molar-refractivity contribution in [3.63, 3.8) is 0 Å². The van der Waals surface area contributed by atoms with E-state index in [0.717, 1.165) is 142 Å². The minimum absolute atomic E-state index is 0. The summed E-state index contributed by atoms with van der Waals surface area (Å²) in [4.78, 5) is 119. The van der Waals surface area contributed by atoms with Gasteiger partial charge in [0.25, 0.3) is 23.6 Å². The number of carbonyl (C=O) groups excluding carboxylic acids is 8. The van der Waals surface area contributed by atoms with E-state index in [0.29, 0.717) is 54.4 Å². The van der Waals surface area contributed by atoms with Crippen molar-refractivity contribution < 1.29 is 87.8 Å². The lowest BCUT2D eigenvalue weighted by molar-refractivity contribution is -0.197. The first-order valence-corrected chi connectivity index (χ1v) is 55.5. The lowest BCUT2D eigenvalue weighted by Gasteiger charge is -2.62. The summed E-state index contributed by atoms with van der Waals surface area (Å²) in [7, 11) is 4.18. The van der Waals surface area contributed by atoms with Crippen molar-refractivity contribution in [2.75, 3.05) is 27.2 Å². The molecule has 5 N–H and O–H groups in total. The van der Waals surface area contributed by atoms with E-state index in [1.54, 1.807) is 0 Å². The van der Waals surface area contributed by atoms with E-state index in [4.69, 9.17) is 24.3 Å². The van der Waals surface area contributed by atoms with Gasteiger partial charge in [0, 0.05) is 98.5 Å². The summed E-state index contributed by atoms with van der Waals surface area (Å²) in [5.41, 5.74) is 4.04. The Morgan fingerprint density at radius 3 is 1.04 bits per heavy atom. The highest BCUT2D eigenvalue weighted by atomic mass is 35.5. The van der Waals surface area contributed by atoms with E-state index >= 15 is 0 Å². The van der Waals surface area contributed by atoms with Crippen LogP contribution in [-0.4, -0.2) is 161 Å². The molecular formula is C114H185ClN4O18. The molecule has 5 fully saturated rings. The number of aliphatic hydroxyl groups is 4. The number of aliphatic carboxylic acids is 1. The van der Waals surface area contributed by atoms with Gasteiger partial charge in [-0.2, -0.15) is 0 Å². The van der Waals surface area contributed by atoms with Crippen LogP contribution in [-0.2, 0) is 89.7 Å². The Labute approximate surface area is 831 Å². The number of nitrogens with zero attached hydrogens (tertiary/aromatic N) is 4. The standard InChI is InChI=1S/C37H55NO4.2C21H37NO4.C18H21NO4.C17H34O2.ClH/c1-3-4-5-6-7-8-9-10-11-12-13-14-15-16-17-18-31(40)25-29-21-22-37(41)32-26-28-19-20-30(27-39)34-33(28)36(37,35(29)42-34)23-24-38(32)2;2*1-2-3-4-5-6-7-8-9-10-11-12-13-14-15-16-21(25)26-22-19(23)17-18-20(22)24;1-19-7-6-17-14-10-2-3-11(9-20)15(14)23-16(17)12(21)4-5-18(17,22)13(19)8-10;1-2-3-4-5-6-7-8-9-10-11-12-13-14-15-16-17(18)19;/h10-11,19-21,32,35,39,41H,3-9,12-18,22-27H2,1-2H3;2*2-18H2,1H3;2-3,13,16,20,22H,4-9H2,1H3;2-16H2,1H3,(H,18,19);1H/b11-10-;;;;;/t32-,35+,36+,37-;;;13-,16+,17+,18-;;/m1..1../s1. The highest BCUT2D eigenvalue weighted by molar-refractivity contribution is 6.02. The molecule has 22 nitrogen and oxygen atoms in total. The normalized spacial score (nSPS) is 22.2. The number of benzene rings is 2. The number of hydrogen-bond donors (Lipinski definition) is 5. The Bertz CT molecular complexity index is 3890. The number of carbonyl (C=O) groups is 9. The fraction of sp³-hybridized carbons (Fsp3) is 0.781. The van der Waals surface area contributed by atoms with E-state index in [2.05, 4.69) is 75.9 Å². The highest BCUT2D eigenvalue weighted by Gasteiger charge is 2.74. The van der Waals surface area contributed by atoms with Crippen LogP contribution in [0, 0.1) is 0 Å². The van der Waals surface area contributed by atoms with Crippen molar-refractivity contribution in [3.05, 3.63) is 81.4 Å². The second kappa shape index (κ2) is 65.0. The van der Waals surface area contributed by atoms with Gasteiger partial charge in [-0.1, -0.05) is 372 Å². The molecule has 137 heavy (non-hydrogen) atoms. The molecule has 1 saturated carbocycles. The Kier molecular flexibility index (Phi) is 55.8. The maximum Gasteiger partial charge on any atom is 0.333 e. The van der Waals surface area contributed by atoms with Gasteiger partial charge in [0.05, 0.1) is 35.2 Å². The molecule has 0 aromatic heterocycles. The van der Waals surface area contributed by atoms with Crippen molar-refractivity contribution >= 4 is 65.5 Å². The number of likely N-dealkylation sites (N-methyl/N-ethyl adjacent to an activating group) is 2. The summed E-state index contributed by atoms with van der Waals surface area (Å²) in [5.74, 6) is -1.47. The van der Waals surface area contributed by atoms with Gasteiger partial charge in [0.2, 0.25) is 0 Å². The number of piperidine rings is 2. The molecular weight excluding hydrogens is 1750 g/mol. The van der Waals surface area contributed by atoms with Gasteiger partial charge < -0.3 is 54.5 Å². The van der Waals surface area contributed by atoms with Gasteiger partial charge in [-0.05, 0) is 134 Å². The number of imide groups is 2. The number of unbranched alkanes of at least 4 members (excludes halogenated alkanes) is 50. The number of ether oxygens (including phenoxy) is 2. The molecule has 776 valence electrons. The molecule has 12 rings (SSSR count). The third-order valence-corrected chi connectivity index (χ3v) is 31.3. The molecule has 6 heterocycles. The summed E-state index contributed by atoms with van der Waals surface area (Å²) < 4.78 is 12.8. The van der Waals surface area contributed by atoms with Gasteiger partial charge in [-0.3, -0.25) is 33.6 Å². The van der Waals surface area contributed by atoms with Crippen LogP contribution >= 0.6 is 12.4 Å². The second-order valence-electron chi connectivity index (χ2n) is 41.7. The number of hydroxylamine groups is 4. The van der Waals surface area contributed by atoms with Crippen molar-refractivity contribution in [1.82, 2.24) is 19.9 Å². The number of allylic oxidation sites excluding steroid dienone is 2. The molecule has 4 bridgehead atoms. The molecule has 10 aliphatic rings. The van der Waals surface area contributed by atoms with Crippen LogP contribution in [0.2, 0.25) is 0 Å². The van der Waals surface area contributed by atoms with E-state index in [1.165, 1.54) is 295 Å². The molecule has 8 atom stereocenters. The number of halogens is 1. The van der Waals surface area contributed by atoms with Gasteiger partial charge >= 0.3 is 17.9 Å². The minimum Gasteiger partial charge on any atom is -0.484 e. The predicted octanol–water partition coefficient (Wildman–Crippen LogP) is 25.3. The number of Topliss-reactive ketones (excluding diaryl/α,β-unsaturated/α-hetero) is 2. The summed E-state index contributed by atoms with van der Waals surface area (Å²) in [6.07, 6.45) is 83.0. The van der Waals surface area contributed by atoms with E-state index in [9.17, 15) is 63.6 Å². The summed E-state index contributed by atoms with van der Waals surface area (Å²) in [6, 6.07) is 8.09. The monoisotopic (exact) mass is 1930 g/mol. The number of ketones is 2. The zero-order chi connectivity index (χ0) is 97.8. The van der Waals surface area contributed by atoms with Crippen molar-refractivity contribution in [2.45, 2.75) is 543 Å². The van der Waals surface area contributed by atoms with Crippen LogP contribution in [0.4, 0.5) is 0 Å². The average Bonchev–Trinajstić information content (AvgIpc) is 1.52. The van der Waals surface area contributed by atoms with Crippen LogP contribution in [0.1, 0.15) is 504 Å². The Morgan fingerprint density at radius 2 is 0.701 bits per heavy atom. The van der Waals surface area contributed by atoms with Crippen LogP contribution in [0.15, 0.2) is 48.1 Å². The van der Waals surface area contributed by atoms with Gasteiger partial charge in [-0.25, -0.2) is 9.59 Å². The first kappa shape index (κ1) is 118. The molecule has 6 aliphatic heterocycles. The number of amides is 4. The lowest BCUT2D eigenvalue weighted by atomic mass is 9.49. The topological polar surface area (TPSA) is 305 Å². The largest absolute Gasteiger partial charge is 0.484 e. The quantitative estimate of drug-likeness (QED) is 0.0233. The van der Waals surface area contributed by atoms with E-state index in [1.807, 2.05) is 18.2 Å². The summed E-state index contributed by atoms with van der Waals surface area (Å²) in [5, 5.41) is 53.6. The molecule has 0 unspecified atom stereocenters. The number of likely N-dealkylation sites (tertiary alicyclic amines) is 2. The first-order valence-electron chi connectivity index (χ1n) is 55.5. The summed E-state index contributed by atoms with van der Waals surface area (Å²) >= 11 is 0. The molecule has 4 saturated heterocycles. The third-order valence-electron chi connectivity index (χ3n) is 31.3. The molecule has 4 amide bonds. The zero-order valence-electron chi connectivity index (χ0n) is 86.1. The van der Waals surface area contributed by atoms with Crippen LogP contribution < -0.4 is 9.47 Å². The average molecular weight is 1940 g/mol. The highest BCUT2D eigenvalue weighted by Crippen LogP contribution is 2.66. The van der Waals surface area contributed by atoms with Crippen LogP contribution in [0.25, 0.3) is 0 Å². The molecule has 2 aromatic rings. The van der Waals surface area contributed by atoms with Crippen LogP contribution in [0.3, 0.4) is 0 Å². The second-order valence-corrected chi connectivity index (χ2v) is 41.7. The SMILES string of the molecule is CCCCCCCC/C=C\CCCCCCCC(=O)CC1=CC[C@@]2(O)[C@H]3Cc4ccc(CO)c5c4[C@@]2(CCN3C)[C@H]1O5.CCCCCCCCCCCCCCCCC(=O)O.CCCCCCCCCCCCCCCCC(=O)ON1C(=O)CCC1=O.CCCCCCCCCCCCCCCCC(=O)ON1C(=O)CCC1=O.CN1CC[C@]23c4c5ccc(CO)c4O[C@H]2C(=O)CC[C@@]3(O)[C@H]1C5.Cl. The summed E-state index contributed by atoms with van der Waals surface area (Å²) in [6.45, 7) is 10.6. The maximum atomic E-state index is 13.2. The van der Waals surface area contributed by atoms with Crippen LogP contribution in [0.5, 0.6) is 11.5 Å². The Hall–Kier alpha value is -6.40. The number of carboxylic acids is 1. The van der Waals surface area contributed by atoms with E-state index in [-0.39, 0.29) is 93.9 Å². The van der Waals surface area contributed by atoms with Gasteiger partial charge in [-0.15, -0.1) is 22.5 Å². The molecule has 0 radical (unpaired) electrons. The number of aliphatic hydroxyl groups excluding tert-OH is 2. The first-order chi connectivity index (χ1) is 66.0. The van der Waals surface area contributed by atoms with Crippen molar-refractivity contribution in [2.24, 2.45) is 0 Å². The minimum atomic E-state index is -0.926. The fourth-order valence-electron chi connectivity index (χ4n) is 23.3. The molecule has 2 spiro atoms. The molecule has 4 aliphatic carbocycles. The number of rotatable bonds is 66. The smallest absolute Gasteiger partial charge is 0.333 e. The predicted molar refractivity (Wildman–Crippen MR) is 546 cm³/mol. The molecule has 23 heteroatoms. The van der Waals surface area contributed by atoms with Crippen molar-refractivity contribution in [1.29, 1.82) is 0 Å². The number of carboxylic acid groups (broad SMARTS) is 1. The Morgan fingerprint density at radius 1 is 0.394 bits per heavy atom. The van der Waals surface area contributed by atoms with Crippen molar-refractivity contribution in [3.8, 4) is 11.5 Å².